The van der Waals surface area contributed by atoms with Gasteiger partial charge in [0.25, 0.3) is 0 Å². The Bertz CT molecular complexity index is 2100. The molecule has 16 atom stereocenters. The molecule has 4 rings (SSSR count). The van der Waals surface area contributed by atoms with Crippen molar-refractivity contribution in [3.63, 3.8) is 0 Å². The van der Waals surface area contributed by atoms with Gasteiger partial charge in [-0.25, -0.2) is 0 Å². The van der Waals surface area contributed by atoms with Crippen LogP contribution >= 0.6 is 0 Å². The van der Waals surface area contributed by atoms with Crippen molar-refractivity contribution in [2.75, 3.05) is 13.1 Å². The first-order valence-corrected chi connectivity index (χ1v) is 26.0. The highest BCUT2D eigenvalue weighted by Gasteiger charge is 2.49. The smallest absolute Gasteiger partial charge is 0.248 e. The predicted molar refractivity (Wildman–Crippen MR) is 265 cm³/mol. The number of primary amides is 1. The number of aromatic hydroxyl groups is 1. The number of fused-ring (bicyclic) bond motifs is 2. The molecule has 0 radical (unpaired) electrons. The van der Waals surface area contributed by atoms with Crippen LogP contribution in [-0.2, 0) is 38.4 Å². The van der Waals surface area contributed by atoms with Crippen molar-refractivity contribution >= 4 is 47.3 Å². The summed E-state index contributed by atoms with van der Waals surface area (Å²) in [5.41, 5.74) is 5.21. The number of nitrogens with one attached hydrogen (secondary N) is 5. The number of aliphatic hydroxyl groups excluding tert-OH is 8. The van der Waals surface area contributed by atoms with Gasteiger partial charge in [-0.1, -0.05) is 77.8 Å². The van der Waals surface area contributed by atoms with E-state index in [0.717, 1.165) is 74.6 Å². The van der Waals surface area contributed by atoms with Crippen molar-refractivity contribution in [3.8, 4) is 5.75 Å². The highest BCUT2D eigenvalue weighted by molar-refractivity contribution is 5.98. The minimum atomic E-state index is -2.36. The average molecular weight is 1070 g/mol. The number of nitrogens with zero attached hydrogens (tertiary/aromatic N) is 2. The Morgan fingerprint density at radius 1 is 0.720 bits per heavy atom. The molecule has 3 heterocycles. The highest BCUT2D eigenvalue weighted by atomic mass is 16.3. The Labute approximate surface area is 436 Å². The number of phenolic OH excluding ortho intramolecular Hbond substituents is 1. The van der Waals surface area contributed by atoms with E-state index in [-0.39, 0.29) is 24.2 Å². The Balaban J connectivity index is 1.69. The number of carbonyl (C=O) groups excluding carboxylic acids is 8. The molecule has 8 amide bonds. The van der Waals surface area contributed by atoms with Gasteiger partial charge < -0.3 is 88.1 Å². The number of amides is 8. The van der Waals surface area contributed by atoms with Crippen molar-refractivity contribution in [1.82, 2.24) is 36.4 Å². The molecular weight excluding hydrogens is 985 g/mol. The standard InChI is InChI=1S/C50H80N8O17/c1-5-25(2)20-26(3)12-10-8-6-7-9-11-13-37(66)52-31-22-35(64)46(71)56-48(73)41-33(62)18-19-57(41)50(75)39(34(63)23-36(51)65)54-47(72)40(43(68)42(67)28-14-16-29(60)17-15-28)55-45(70)32-21-30(61)24-58(32)49(74)38(27(4)59)53-44(31)69/h14-17,25-27,30-35,38-43,46,59-64,67-68,71H,5-13,18-24H2,1-4H3,(H2,51,65)(H,52,66)(H,53,69)(H,54,72)(H,55,70)(H,56,73)/t25-,26+,27+,30+,31?,32-,33-,34+,35+,38-,39-,40-,41-,42-,43-,46+/m0/s1. The zero-order valence-electron chi connectivity index (χ0n) is 43.1. The normalized spacial score (nSPS) is 29.0. The number of hydrogen-bond acceptors (Lipinski definition) is 17. The van der Waals surface area contributed by atoms with Gasteiger partial charge in [0, 0.05) is 32.4 Å². The van der Waals surface area contributed by atoms with Crippen LogP contribution < -0.4 is 32.3 Å². The van der Waals surface area contributed by atoms with Crippen molar-refractivity contribution in [2.45, 2.75) is 203 Å². The maximum atomic E-state index is 14.4. The summed E-state index contributed by atoms with van der Waals surface area (Å²) in [6.07, 6.45) is -10.2. The topological polar surface area (TPSA) is 411 Å². The molecule has 3 saturated heterocycles. The summed E-state index contributed by atoms with van der Waals surface area (Å²) in [4.78, 5) is 112. The van der Waals surface area contributed by atoms with Gasteiger partial charge in [-0.2, -0.15) is 0 Å². The molecule has 422 valence electrons. The van der Waals surface area contributed by atoms with Crippen molar-refractivity contribution < 1.29 is 84.3 Å². The van der Waals surface area contributed by atoms with Crippen LogP contribution in [0.1, 0.15) is 129 Å². The van der Waals surface area contributed by atoms with Gasteiger partial charge in [0.2, 0.25) is 47.3 Å². The summed E-state index contributed by atoms with van der Waals surface area (Å²) in [5, 5.41) is 110. The first-order valence-electron chi connectivity index (χ1n) is 26.0. The summed E-state index contributed by atoms with van der Waals surface area (Å²) in [6, 6.07) is -7.37. The summed E-state index contributed by atoms with van der Waals surface area (Å²) in [6.45, 7) is 6.76. The molecule has 3 aliphatic heterocycles. The lowest BCUT2D eigenvalue weighted by atomic mass is 9.91. The Kier molecular flexibility index (Phi) is 24.1. The van der Waals surface area contributed by atoms with Crippen molar-refractivity contribution in [1.29, 1.82) is 0 Å². The van der Waals surface area contributed by atoms with Gasteiger partial charge in [-0.15, -0.1) is 0 Å². The zero-order valence-corrected chi connectivity index (χ0v) is 43.1. The summed E-state index contributed by atoms with van der Waals surface area (Å²) < 4.78 is 0. The van der Waals surface area contributed by atoms with E-state index < -0.39 is 165 Å². The van der Waals surface area contributed by atoms with Crippen LogP contribution in [0.3, 0.4) is 0 Å². The minimum Gasteiger partial charge on any atom is -0.508 e. The quantitative estimate of drug-likeness (QED) is 0.0568. The Hall–Kier alpha value is -5.54. The first kappa shape index (κ1) is 62.0. The van der Waals surface area contributed by atoms with Crippen LogP contribution in [0.4, 0.5) is 0 Å². The van der Waals surface area contributed by atoms with E-state index in [1.165, 1.54) is 6.42 Å². The van der Waals surface area contributed by atoms with Gasteiger partial charge in [0.1, 0.15) is 60.3 Å². The molecule has 1 aromatic rings. The highest BCUT2D eigenvalue weighted by Crippen LogP contribution is 2.27. The van der Waals surface area contributed by atoms with Crippen LogP contribution in [0.2, 0.25) is 0 Å². The molecular formula is C50H80N8O17. The van der Waals surface area contributed by atoms with E-state index in [9.17, 15) is 84.3 Å². The molecule has 75 heavy (non-hydrogen) atoms. The average Bonchev–Trinajstić information content (AvgIpc) is 3.95. The van der Waals surface area contributed by atoms with E-state index in [4.69, 9.17) is 5.73 Å². The molecule has 3 aliphatic rings. The summed E-state index contributed by atoms with van der Waals surface area (Å²) in [5.74, 6) is -8.59. The van der Waals surface area contributed by atoms with Gasteiger partial charge >= 0.3 is 0 Å². The lowest BCUT2D eigenvalue weighted by Gasteiger charge is -2.34. The molecule has 25 nitrogen and oxygen atoms in total. The predicted octanol–water partition coefficient (Wildman–Crippen LogP) is -3.34. The van der Waals surface area contributed by atoms with Crippen LogP contribution in [0.25, 0.3) is 0 Å². The number of carbonyl (C=O) groups is 8. The van der Waals surface area contributed by atoms with Crippen LogP contribution in [0.15, 0.2) is 24.3 Å². The number of hydrogen-bond donors (Lipinski definition) is 15. The Morgan fingerprint density at radius 2 is 1.32 bits per heavy atom. The van der Waals surface area contributed by atoms with Crippen LogP contribution in [0.5, 0.6) is 5.75 Å². The van der Waals surface area contributed by atoms with Gasteiger partial charge in [-0.3, -0.25) is 38.4 Å². The number of rotatable bonds is 20. The second-order valence-corrected chi connectivity index (χ2v) is 20.6. The summed E-state index contributed by atoms with van der Waals surface area (Å²) in [7, 11) is 0. The molecule has 25 heteroatoms. The molecule has 0 aromatic heterocycles. The first-order chi connectivity index (χ1) is 35.3. The SMILES string of the molecule is CC[C@H](C)C[C@H](C)CCCCCCCCC(=O)NC1C[C@@H](O)[C@@H](O)NC(=O)[C@@H]2[C@@H](O)CCN2C(=O)[C@H]([C@H](O)CC(N)=O)NC(=O)[C@H]([C@H](O)[C@@H](O)c2ccc(O)cc2)NC(=O)[C@@H]2C[C@@H](O)CN2C(=O)[C@H]([C@@H](C)O)NC1=O. The van der Waals surface area contributed by atoms with Gasteiger partial charge in [-0.05, 0) is 55.7 Å². The van der Waals surface area contributed by atoms with E-state index in [2.05, 4.69) is 47.4 Å². The molecule has 3 fully saturated rings. The molecule has 0 spiro atoms. The third-order valence-electron chi connectivity index (χ3n) is 14.3. The monoisotopic (exact) mass is 1060 g/mol. The molecule has 16 N–H and O–H groups in total. The molecule has 0 aliphatic carbocycles. The molecule has 1 unspecified atom stereocenters. The zero-order chi connectivity index (χ0) is 55.8. The number of aliphatic hydroxyl groups is 8. The fourth-order valence-electron chi connectivity index (χ4n) is 9.79. The summed E-state index contributed by atoms with van der Waals surface area (Å²) >= 11 is 0. The number of unbranched alkanes of at least 4 members (excludes halogenated alkanes) is 5. The van der Waals surface area contributed by atoms with E-state index in [1.807, 2.05) is 0 Å². The third-order valence-corrected chi connectivity index (χ3v) is 14.3. The van der Waals surface area contributed by atoms with Crippen molar-refractivity contribution in [2.24, 2.45) is 17.6 Å². The lowest BCUT2D eigenvalue weighted by Crippen LogP contribution is -2.64. The fraction of sp³-hybridized carbons (Fsp3) is 0.720. The number of nitrogens with two attached hydrogens (primary N) is 1. The number of benzene rings is 1. The van der Waals surface area contributed by atoms with Gasteiger partial charge in [0.05, 0.1) is 30.8 Å². The molecule has 0 bridgehead atoms. The largest absolute Gasteiger partial charge is 0.508 e. The fourth-order valence-corrected chi connectivity index (χ4v) is 9.79. The second-order valence-electron chi connectivity index (χ2n) is 20.6. The minimum absolute atomic E-state index is 0.0795. The maximum Gasteiger partial charge on any atom is 0.248 e. The van der Waals surface area contributed by atoms with Crippen molar-refractivity contribution in [3.05, 3.63) is 29.8 Å². The molecule has 0 saturated carbocycles. The van der Waals surface area contributed by atoms with Gasteiger partial charge in [0.15, 0.2) is 6.23 Å². The van der Waals surface area contributed by atoms with Crippen LogP contribution in [0, 0.1) is 11.8 Å². The Morgan fingerprint density at radius 3 is 1.95 bits per heavy atom. The lowest BCUT2D eigenvalue weighted by molar-refractivity contribution is -0.149. The molecule has 1 aromatic carbocycles. The van der Waals surface area contributed by atoms with E-state index in [1.54, 1.807) is 0 Å². The van der Waals surface area contributed by atoms with E-state index >= 15 is 0 Å². The van der Waals surface area contributed by atoms with Crippen LogP contribution in [-0.4, -0.2) is 195 Å². The van der Waals surface area contributed by atoms with E-state index in [0.29, 0.717) is 29.6 Å². The third kappa shape index (κ3) is 17.8. The second kappa shape index (κ2) is 29.1. The number of phenols is 1. The maximum absolute atomic E-state index is 14.4.